The van der Waals surface area contributed by atoms with Gasteiger partial charge in [-0.15, -0.1) is 0 Å². The van der Waals surface area contributed by atoms with Gasteiger partial charge >= 0.3 is 6.01 Å². The molecule has 2 atom stereocenters. The molecular weight excluding hydrogens is 638 g/mol. The molecule has 1 aromatic heterocycles. The van der Waals surface area contributed by atoms with E-state index in [4.69, 9.17) is 31.0 Å². The molecule has 3 aromatic rings. The molecule has 11 heteroatoms. The van der Waals surface area contributed by atoms with Crippen LogP contribution in [0.4, 0.5) is 11.5 Å². The number of piperazine rings is 1. The third-order valence-electron chi connectivity index (χ3n) is 12.0. The van der Waals surface area contributed by atoms with E-state index in [1.54, 1.807) is 6.08 Å². The maximum Gasteiger partial charge on any atom is 0.318 e. The fourth-order valence-corrected chi connectivity index (χ4v) is 9.63. The quantitative estimate of drug-likeness (QED) is 0.319. The van der Waals surface area contributed by atoms with E-state index < -0.39 is 0 Å². The summed E-state index contributed by atoms with van der Waals surface area (Å²) in [5, 5.41) is 2.99. The predicted molar refractivity (Wildman–Crippen MR) is 192 cm³/mol. The number of anilines is 2. The number of fused-ring (bicyclic) bond motifs is 5. The summed E-state index contributed by atoms with van der Waals surface area (Å²) in [4.78, 5) is 35.2. The van der Waals surface area contributed by atoms with E-state index in [1.165, 1.54) is 37.7 Å². The van der Waals surface area contributed by atoms with Gasteiger partial charge in [0.15, 0.2) is 0 Å². The molecule has 5 saturated heterocycles. The van der Waals surface area contributed by atoms with Crippen LogP contribution in [0.5, 0.6) is 6.01 Å². The van der Waals surface area contributed by atoms with Crippen molar-refractivity contribution in [2.45, 2.75) is 62.7 Å². The lowest BCUT2D eigenvalue weighted by Gasteiger charge is -2.52. The van der Waals surface area contributed by atoms with Crippen molar-refractivity contribution in [1.29, 1.82) is 0 Å². The number of benzene rings is 2. The third-order valence-corrected chi connectivity index (χ3v) is 12.4. The number of halogens is 1. The molecule has 258 valence electrons. The molecule has 0 spiro atoms. The summed E-state index contributed by atoms with van der Waals surface area (Å²) in [6, 6.07) is 14.0. The number of rotatable bonds is 8. The number of nitrogens with zero attached hydrogens (tertiary/aromatic N) is 7. The zero-order valence-electron chi connectivity index (χ0n) is 28.2. The highest BCUT2D eigenvalue weighted by atomic mass is 35.5. The van der Waals surface area contributed by atoms with Gasteiger partial charge in [0.2, 0.25) is 5.91 Å². The number of ether oxygens (including phenoxy) is 2. The second-order valence-corrected chi connectivity index (χ2v) is 15.1. The Kier molecular flexibility index (Phi) is 8.38. The fraction of sp³-hybridized carbons (Fsp3) is 0.553. The van der Waals surface area contributed by atoms with Gasteiger partial charge < -0.3 is 24.2 Å². The van der Waals surface area contributed by atoms with E-state index >= 15 is 0 Å². The first kappa shape index (κ1) is 31.5. The molecule has 9 rings (SSSR count). The molecule has 6 aliphatic rings. The van der Waals surface area contributed by atoms with E-state index in [0.29, 0.717) is 44.3 Å². The zero-order chi connectivity index (χ0) is 33.0. The molecular formula is C38H46ClN7O3. The standard InChI is InChI=1S/C38H46ClN7O3/c39-31-8-1-6-27-7-2-9-33(35(27)31)44-17-11-30-32(23-44)40-37(49-26-38-12-4-14-45(38)15-5-13-38)41-36(30)43-20-18-42(19-21-43)34(47)10-3-16-46-28-22-29(46)25-48-24-28/h1-3,6-10,28-29H,4-5,11-26H2/b10-3+. The summed E-state index contributed by atoms with van der Waals surface area (Å²) in [5.74, 6) is 1.06. The summed E-state index contributed by atoms with van der Waals surface area (Å²) in [5.41, 5.74) is 3.46. The van der Waals surface area contributed by atoms with E-state index in [9.17, 15) is 4.79 Å². The monoisotopic (exact) mass is 683 g/mol. The van der Waals surface area contributed by atoms with Crippen LogP contribution >= 0.6 is 11.6 Å². The van der Waals surface area contributed by atoms with E-state index in [1.807, 2.05) is 23.1 Å². The van der Waals surface area contributed by atoms with Crippen molar-refractivity contribution >= 4 is 39.8 Å². The van der Waals surface area contributed by atoms with E-state index in [-0.39, 0.29) is 11.4 Å². The minimum atomic E-state index is 0.0941. The molecule has 0 saturated carbocycles. The minimum Gasteiger partial charge on any atom is -0.461 e. The van der Waals surface area contributed by atoms with Crippen molar-refractivity contribution < 1.29 is 14.3 Å². The zero-order valence-corrected chi connectivity index (χ0v) is 29.0. The largest absolute Gasteiger partial charge is 0.461 e. The number of carbonyl (C=O) groups excluding carboxylic acids is 1. The normalized spacial score (nSPS) is 25.1. The second-order valence-electron chi connectivity index (χ2n) is 14.7. The van der Waals surface area contributed by atoms with Gasteiger partial charge in [-0.25, -0.2) is 0 Å². The van der Waals surface area contributed by atoms with Crippen molar-refractivity contribution in [2.24, 2.45) is 0 Å². The predicted octanol–water partition coefficient (Wildman–Crippen LogP) is 4.53. The maximum absolute atomic E-state index is 13.2. The Morgan fingerprint density at radius 2 is 1.73 bits per heavy atom. The third kappa shape index (κ3) is 5.84. The Bertz CT molecular complexity index is 1730. The number of carbonyl (C=O) groups is 1. The molecule has 0 aliphatic carbocycles. The van der Waals surface area contributed by atoms with Gasteiger partial charge in [-0.3, -0.25) is 14.6 Å². The molecule has 7 heterocycles. The molecule has 2 aromatic carbocycles. The Labute approximate surface area is 293 Å². The number of amides is 1. The Hall–Kier alpha value is -3.44. The van der Waals surface area contributed by atoms with Crippen LogP contribution in [-0.4, -0.2) is 120 Å². The first-order valence-corrected chi connectivity index (χ1v) is 18.7. The van der Waals surface area contributed by atoms with Gasteiger partial charge in [0.25, 0.3) is 0 Å². The average Bonchev–Trinajstić information content (AvgIpc) is 3.73. The molecule has 2 unspecified atom stereocenters. The lowest BCUT2D eigenvalue weighted by atomic mass is 9.91. The van der Waals surface area contributed by atoms with Crippen LogP contribution in [0.25, 0.3) is 10.8 Å². The molecule has 0 radical (unpaired) electrons. The number of hydrogen-bond acceptors (Lipinski definition) is 9. The van der Waals surface area contributed by atoms with Gasteiger partial charge in [-0.05, 0) is 69.1 Å². The van der Waals surface area contributed by atoms with Gasteiger partial charge in [-0.2, -0.15) is 9.97 Å². The Morgan fingerprint density at radius 1 is 0.959 bits per heavy atom. The van der Waals surface area contributed by atoms with Crippen molar-refractivity contribution in [3.05, 3.63) is 64.8 Å². The number of aromatic nitrogens is 2. The van der Waals surface area contributed by atoms with Crippen LogP contribution in [0.3, 0.4) is 0 Å². The van der Waals surface area contributed by atoms with E-state index in [2.05, 4.69) is 43.9 Å². The highest BCUT2D eigenvalue weighted by molar-refractivity contribution is 6.36. The lowest BCUT2D eigenvalue weighted by Crippen LogP contribution is -2.63. The van der Waals surface area contributed by atoms with Crippen molar-refractivity contribution in [3.8, 4) is 6.01 Å². The molecule has 1 amide bonds. The van der Waals surface area contributed by atoms with Crippen LogP contribution in [0.1, 0.15) is 43.4 Å². The first-order valence-electron chi connectivity index (χ1n) is 18.3. The maximum atomic E-state index is 13.2. The minimum absolute atomic E-state index is 0.0941. The van der Waals surface area contributed by atoms with Gasteiger partial charge in [-0.1, -0.05) is 41.9 Å². The smallest absolute Gasteiger partial charge is 0.318 e. The highest BCUT2D eigenvalue weighted by Crippen LogP contribution is 2.40. The van der Waals surface area contributed by atoms with Crippen LogP contribution in [0.15, 0.2) is 48.6 Å². The van der Waals surface area contributed by atoms with Crippen LogP contribution in [0.2, 0.25) is 5.02 Å². The summed E-state index contributed by atoms with van der Waals surface area (Å²) in [7, 11) is 0. The summed E-state index contributed by atoms with van der Waals surface area (Å²) in [6.45, 7) is 9.71. The number of morpholine rings is 1. The molecule has 49 heavy (non-hydrogen) atoms. The van der Waals surface area contributed by atoms with Crippen molar-refractivity contribution in [1.82, 2.24) is 24.7 Å². The van der Waals surface area contributed by atoms with E-state index in [0.717, 1.165) is 91.9 Å². The summed E-state index contributed by atoms with van der Waals surface area (Å²) >= 11 is 6.76. The average molecular weight is 684 g/mol. The molecule has 2 bridgehead atoms. The van der Waals surface area contributed by atoms with Crippen LogP contribution in [0, 0.1) is 0 Å². The van der Waals surface area contributed by atoms with Crippen LogP contribution in [-0.2, 0) is 22.5 Å². The molecule has 6 aliphatic heterocycles. The molecule has 10 nitrogen and oxygen atoms in total. The highest BCUT2D eigenvalue weighted by Gasteiger charge is 2.45. The van der Waals surface area contributed by atoms with Gasteiger partial charge in [0.05, 0.1) is 36.0 Å². The lowest BCUT2D eigenvalue weighted by molar-refractivity contribution is -0.126. The van der Waals surface area contributed by atoms with Crippen LogP contribution < -0.4 is 14.5 Å². The van der Waals surface area contributed by atoms with Crippen molar-refractivity contribution in [3.63, 3.8) is 0 Å². The number of hydrogen-bond donors (Lipinski definition) is 0. The van der Waals surface area contributed by atoms with Crippen molar-refractivity contribution in [2.75, 3.05) is 82.0 Å². The van der Waals surface area contributed by atoms with Gasteiger partial charge in [0.1, 0.15) is 12.4 Å². The fourth-order valence-electron chi connectivity index (χ4n) is 9.35. The summed E-state index contributed by atoms with van der Waals surface area (Å²) in [6.07, 6.45) is 10.7. The molecule has 5 fully saturated rings. The first-order chi connectivity index (χ1) is 24.0. The van der Waals surface area contributed by atoms with Gasteiger partial charge in [0, 0.05) is 74.1 Å². The summed E-state index contributed by atoms with van der Waals surface area (Å²) < 4.78 is 12.2. The molecule has 0 N–H and O–H groups in total. The Morgan fingerprint density at radius 3 is 2.51 bits per heavy atom. The topological polar surface area (TPSA) is 77.5 Å². The Balaban J connectivity index is 0.938. The SMILES string of the molecule is O=C(/C=C/CN1C2COCC1C2)N1CCN(c2nc(OCC34CCCN3CCC4)nc3c2CCN(c2cccc4cccc(Cl)c24)C3)CC1. The second kappa shape index (κ2) is 13.0.